The van der Waals surface area contributed by atoms with Crippen LogP contribution in [-0.4, -0.2) is 26.2 Å². The zero-order chi connectivity index (χ0) is 15.0. The number of amides is 1. The molecule has 0 bridgehead atoms. The zero-order valence-electron chi connectivity index (χ0n) is 12.1. The number of nitrogens with one attached hydrogen (secondary N) is 1. The molecule has 0 saturated heterocycles. The van der Waals surface area contributed by atoms with E-state index < -0.39 is 0 Å². The molecule has 5 heteroatoms. The molecule has 1 atom stereocenters. The number of nitrogens with zero attached hydrogens (tertiary/aromatic N) is 1. The molecule has 5 nitrogen and oxygen atoms in total. The summed E-state index contributed by atoms with van der Waals surface area (Å²) in [6, 6.07) is 7.36. The van der Waals surface area contributed by atoms with Gasteiger partial charge in [0.15, 0.2) is 11.5 Å². The molecule has 1 aromatic carbocycles. The lowest BCUT2D eigenvalue weighted by atomic mass is 10.1. The standard InChI is InChI=1S/C15H20N2O3/c1-4-12(7-8-16)17-15(18)10-11-5-6-13(19-2)14(9-11)20-3/h5-6,9,12H,4,7,10H2,1-3H3,(H,17,18). The number of methoxy groups -OCH3 is 2. The highest BCUT2D eigenvalue weighted by Crippen LogP contribution is 2.27. The van der Waals surface area contributed by atoms with E-state index in [1.807, 2.05) is 13.0 Å². The molecular formula is C15H20N2O3. The van der Waals surface area contributed by atoms with Gasteiger partial charge in [-0.2, -0.15) is 5.26 Å². The van der Waals surface area contributed by atoms with Crippen LogP contribution in [0.2, 0.25) is 0 Å². The molecule has 1 aromatic rings. The number of carbonyl (C=O) groups excluding carboxylic acids is 1. The topological polar surface area (TPSA) is 71.4 Å². The zero-order valence-corrected chi connectivity index (χ0v) is 12.1. The number of carbonyl (C=O) groups is 1. The van der Waals surface area contributed by atoms with Crippen molar-refractivity contribution >= 4 is 5.91 Å². The Hall–Kier alpha value is -2.22. The van der Waals surface area contributed by atoms with Crippen LogP contribution in [0.15, 0.2) is 18.2 Å². The maximum absolute atomic E-state index is 11.9. The Kier molecular flexibility index (Phi) is 6.38. The van der Waals surface area contributed by atoms with Crippen molar-refractivity contribution in [3.63, 3.8) is 0 Å². The Labute approximate surface area is 119 Å². The largest absolute Gasteiger partial charge is 0.493 e. The van der Waals surface area contributed by atoms with Gasteiger partial charge in [0, 0.05) is 6.04 Å². The Bertz CT molecular complexity index is 494. The molecule has 0 aromatic heterocycles. The molecule has 1 rings (SSSR count). The molecule has 0 heterocycles. The van der Waals surface area contributed by atoms with Crippen LogP contribution < -0.4 is 14.8 Å². The lowest BCUT2D eigenvalue weighted by molar-refractivity contribution is -0.121. The number of ether oxygens (including phenoxy) is 2. The van der Waals surface area contributed by atoms with Gasteiger partial charge >= 0.3 is 0 Å². The number of benzene rings is 1. The van der Waals surface area contributed by atoms with Crippen LogP contribution in [-0.2, 0) is 11.2 Å². The third-order valence-corrected chi connectivity index (χ3v) is 3.01. The Balaban J connectivity index is 2.68. The number of rotatable bonds is 7. The fourth-order valence-corrected chi connectivity index (χ4v) is 1.86. The third kappa shape index (κ3) is 4.47. The highest BCUT2D eigenvalue weighted by atomic mass is 16.5. The van der Waals surface area contributed by atoms with E-state index >= 15 is 0 Å². The Morgan fingerprint density at radius 2 is 2.05 bits per heavy atom. The molecule has 0 spiro atoms. The summed E-state index contributed by atoms with van der Waals surface area (Å²) in [5.74, 6) is 1.13. The summed E-state index contributed by atoms with van der Waals surface area (Å²) in [5, 5.41) is 11.5. The van der Waals surface area contributed by atoms with Gasteiger partial charge in [0.2, 0.25) is 5.91 Å². The van der Waals surface area contributed by atoms with Crippen molar-refractivity contribution in [3.8, 4) is 17.6 Å². The summed E-state index contributed by atoms with van der Waals surface area (Å²) in [6.07, 6.45) is 1.32. The van der Waals surface area contributed by atoms with Crippen molar-refractivity contribution in [2.24, 2.45) is 0 Å². The van der Waals surface area contributed by atoms with E-state index in [2.05, 4.69) is 11.4 Å². The highest BCUT2D eigenvalue weighted by Gasteiger charge is 2.12. The fraction of sp³-hybridized carbons (Fsp3) is 0.467. The first-order chi connectivity index (χ1) is 9.64. The van der Waals surface area contributed by atoms with E-state index in [0.717, 1.165) is 12.0 Å². The van der Waals surface area contributed by atoms with Crippen LogP contribution in [0.3, 0.4) is 0 Å². The minimum Gasteiger partial charge on any atom is -0.493 e. The molecule has 108 valence electrons. The monoisotopic (exact) mass is 276 g/mol. The summed E-state index contributed by atoms with van der Waals surface area (Å²) in [7, 11) is 3.12. The molecule has 1 unspecified atom stereocenters. The van der Waals surface area contributed by atoms with Gasteiger partial charge in [0.25, 0.3) is 0 Å². The van der Waals surface area contributed by atoms with Crippen molar-refractivity contribution in [1.82, 2.24) is 5.32 Å². The summed E-state index contributed by atoms with van der Waals surface area (Å²) >= 11 is 0. The molecule has 20 heavy (non-hydrogen) atoms. The van der Waals surface area contributed by atoms with Crippen LogP contribution in [0.5, 0.6) is 11.5 Å². The second kappa shape index (κ2) is 8.05. The van der Waals surface area contributed by atoms with Gasteiger partial charge < -0.3 is 14.8 Å². The van der Waals surface area contributed by atoms with E-state index in [1.54, 1.807) is 26.4 Å². The van der Waals surface area contributed by atoms with E-state index in [4.69, 9.17) is 14.7 Å². The van der Waals surface area contributed by atoms with E-state index in [-0.39, 0.29) is 18.4 Å². The first-order valence-electron chi connectivity index (χ1n) is 6.51. The van der Waals surface area contributed by atoms with Crippen molar-refractivity contribution in [2.75, 3.05) is 14.2 Å². The van der Waals surface area contributed by atoms with Gasteiger partial charge in [0.05, 0.1) is 33.1 Å². The maximum atomic E-state index is 11.9. The van der Waals surface area contributed by atoms with E-state index in [1.165, 1.54) is 0 Å². The molecule has 0 saturated carbocycles. The lowest BCUT2D eigenvalue weighted by Gasteiger charge is -2.14. The maximum Gasteiger partial charge on any atom is 0.224 e. The molecular weight excluding hydrogens is 256 g/mol. The Morgan fingerprint density at radius 1 is 1.35 bits per heavy atom. The molecule has 0 aliphatic heterocycles. The van der Waals surface area contributed by atoms with Crippen molar-refractivity contribution < 1.29 is 14.3 Å². The van der Waals surface area contributed by atoms with Gasteiger partial charge in [-0.1, -0.05) is 13.0 Å². The van der Waals surface area contributed by atoms with Gasteiger partial charge in [-0.05, 0) is 24.1 Å². The van der Waals surface area contributed by atoms with Gasteiger partial charge in [-0.15, -0.1) is 0 Å². The quantitative estimate of drug-likeness (QED) is 0.827. The van der Waals surface area contributed by atoms with Gasteiger partial charge in [-0.3, -0.25) is 4.79 Å². The van der Waals surface area contributed by atoms with Crippen LogP contribution >= 0.6 is 0 Å². The molecule has 0 aliphatic rings. The highest BCUT2D eigenvalue weighted by molar-refractivity contribution is 5.79. The minimum absolute atomic E-state index is 0.0901. The summed E-state index contributed by atoms with van der Waals surface area (Å²) in [4.78, 5) is 11.9. The molecule has 1 N–H and O–H groups in total. The lowest BCUT2D eigenvalue weighted by Crippen LogP contribution is -2.35. The number of nitriles is 1. The first kappa shape index (κ1) is 15.8. The van der Waals surface area contributed by atoms with Crippen LogP contribution in [0.4, 0.5) is 0 Å². The second-order valence-corrected chi connectivity index (χ2v) is 4.40. The van der Waals surface area contributed by atoms with Crippen LogP contribution in [0, 0.1) is 11.3 Å². The van der Waals surface area contributed by atoms with Crippen molar-refractivity contribution in [2.45, 2.75) is 32.2 Å². The van der Waals surface area contributed by atoms with E-state index in [0.29, 0.717) is 17.9 Å². The summed E-state index contributed by atoms with van der Waals surface area (Å²) in [6.45, 7) is 1.94. The molecule has 0 fully saturated rings. The van der Waals surface area contributed by atoms with Gasteiger partial charge in [0.1, 0.15) is 0 Å². The van der Waals surface area contributed by atoms with Crippen molar-refractivity contribution in [1.29, 1.82) is 5.26 Å². The minimum atomic E-state index is -0.0979. The normalized spacial score (nSPS) is 11.3. The number of hydrogen-bond donors (Lipinski definition) is 1. The average molecular weight is 276 g/mol. The molecule has 1 amide bonds. The Morgan fingerprint density at radius 3 is 2.60 bits per heavy atom. The SMILES string of the molecule is CCC(CC#N)NC(=O)Cc1ccc(OC)c(OC)c1. The van der Waals surface area contributed by atoms with E-state index in [9.17, 15) is 4.79 Å². The predicted octanol–water partition coefficient (Wildman–Crippen LogP) is 2.05. The summed E-state index contributed by atoms with van der Waals surface area (Å²) in [5.41, 5.74) is 0.840. The molecule has 0 aliphatic carbocycles. The average Bonchev–Trinajstić information content (AvgIpc) is 2.46. The van der Waals surface area contributed by atoms with Crippen LogP contribution in [0.25, 0.3) is 0 Å². The van der Waals surface area contributed by atoms with Crippen molar-refractivity contribution in [3.05, 3.63) is 23.8 Å². The fourth-order valence-electron chi connectivity index (χ4n) is 1.86. The third-order valence-electron chi connectivity index (χ3n) is 3.01. The number of hydrogen-bond acceptors (Lipinski definition) is 4. The van der Waals surface area contributed by atoms with Gasteiger partial charge in [-0.25, -0.2) is 0 Å². The first-order valence-corrected chi connectivity index (χ1v) is 6.51. The summed E-state index contributed by atoms with van der Waals surface area (Å²) < 4.78 is 10.3. The smallest absolute Gasteiger partial charge is 0.224 e. The predicted molar refractivity (Wildman–Crippen MR) is 75.7 cm³/mol. The molecule has 0 radical (unpaired) electrons. The second-order valence-electron chi connectivity index (χ2n) is 4.40. The van der Waals surface area contributed by atoms with Crippen LogP contribution in [0.1, 0.15) is 25.3 Å².